The normalized spacial score (nSPS) is 17.0. The van der Waals surface area contributed by atoms with Gasteiger partial charge in [-0.25, -0.2) is 4.79 Å². The summed E-state index contributed by atoms with van der Waals surface area (Å²) in [6.45, 7) is 12.2. The van der Waals surface area contributed by atoms with E-state index in [-0.39, 0.29) is 35.9 Å². The van der Waals surface area contributed by atoms with Crippen molar-refractivity contribution in [2.24, 2.45) is 4.99 Å². The summed E-state index contributed by atoms with van der Waals surface area (Å²) in [5, 5.41) is 9.33. The van der Waals surface area contributed by atoms with Crippen LogP contribution in [0.2, 0.25) is 0 Å². The average molecular weight is 555 g/mol. The molecule has 1 aliphatic rings. The number of nitrogens with zero attached hydrogens (tertiary/aromatic N) is 3. The molecule has 1 unspecified atom stereocenters. The van der Waals surface area contributed by atoms with Crippen molar-refractivity contribution in [3.8, 4) is 0 Å². The molecule has 31 heavy (non-hydrogen) atoms. The third kappa shape index (κ3) is 13.0. The van der Waals surface area contributed by atoms with Gasteiger partial charge in [0.1, 0.15) is 5.60 Å². The molecule has 1 rings (SSSR count). The highest BCUT2D eigenvalue weighted by Crippen LogP contribution is 2.18. The topological polar surface area (TPSA) is 98.3 Å². The molecule has 9 nitrogen and oxygen atoms in total. The number of carbonyl (C=O) groups is 2. The summed E-state index contributed by atoms with van der Waals surface area (Å²) in [6.07, 6.45) is 3.31. The molecule has 0 saturated carbocycles. The largest absolute Gasteiger partial charge is 0.444 e. The summed E-state index contributed by atoms with van der Waals surface area (Å²) in [5.74, 6) is 0.979. The number of ether oxygens (including phenoxy) is 1. The maximum absolute atomic E-state index is 12.3. The quantitative estimate of drug-likeness (QED) is 0.166. The predicted molar refractivity (Wildman–Crippen MR) is 136 cm³/mol. The lowest BCUT2D eigenvalue weighted by molar-refractivity contribution is -0.133. The van der Waals surface area contributed by atoms with Gasteiger partial charge >= 0.3 is 6.09 Å². The average Bonchev–Trinajstić information content (AvgIpc) is 3.10. The molecule has 1 saturated heterocycles. The molecule has 0 bridgehead atoms. The van der Waals surface area contributed by atoms with Crippen LogP contribution in [0.4, 0.5) is 4.79 Å². The molecule has 1 atom stereocenters. The lowest BCUT2D eigenvalue weighted by Gasteiger charge is -2.26. The number of alkyl carbamates (subject to hydrolysis) is 1. The first kappa shape index (κ1) is 29.7. The summed E-state index contributed by atoms with van der Waals surface area (Å²) in [7, 11) is 3.64. The number of rotatable bonds is 10. The first-order valence-electron chi connectivity index (χ1n) is 11.1. The van der Waals surface area contributed by atoms with Crippen LogP contribution in [-0.4, -0.2) is 92.8 Å². The summed E-state index contributed by atoms with van der Waals surface area (Å²) < 4.78 is 5.21. The van der Waals surface area contributed by atoms with Gasteiger partial charge in [-0.05, 0) is 59.9 Å². The molecule has 10 heteroatoms. The third-order valence-electron chi connectivity index (χ3n) is 4.62. The van der Waals surface area contributed by atoms with Crippen molar-refractivity contribution in [3.05, 3.63) is 0 Å². The van der Waals surface area contributed by atoms with Gasteiger partial charge in [-0.2, -0.15) is 0 Å². The van der Waals surface area contributed by atoms with Crippen molar-refractivity contribution in [3.63, 3.8) is 0 Å². The predicted octanol–water partition coefficient (Wildman–Crippen LogP) is 2.02. The maximum Gasteiger partial charge on any atom is 0.407 e. The Kier molecular flexibility index (Phi) is 14.8. The molecule has 3 N–H and O–H groups in total. The van der Waals surface area contributed by atoms with Crippen molar-refractivity contribution >= 4 is 41.9 Å². The van der Waals surface area contributed by atoms with Crippen LogP contribution in [0.3, 0.4) is 0 Å². The van der Waals surface area contributed by atoms with Crippen LogP contribution < -0.4 is 16.0 Å². The second kappa shape index (κ2) is 15.5. The number of hydrogen-bond acceptors (Lipinski definition) is 5. The molecule has 1 fully saturated rings. The zero-order valence-electron chi connectivity index (χ0n) is 20.1. The van der Waals surface area contributed by atoms with Crippen LogP contribution in [0, 0.1) is 0 Å². The van der Waals surface area contributed by atoms with Gasteiger partial charge in [-0.1, -0.05) is 0 Å². The van der Waals surface area contributed by atoms with Gasteiger partial charge < -0.3 is 25.6 Å². The van der Waals surface area contributed by atoms with Gasteiger partial charge in [0.2, 0.25) is 5.91 Å². The Morgan fingerprint density at radius 1 is 1.13 bits per heavy atom. The molecule has 0 aromatic carbocycles. The van der Waals surface area contributed by atoms with Crippen molar-refractivity contribution in [2.45, 2.75) is 65.0 Å². The van der Waals surface area contributed by atoms with Crippen LogP contribution in [0.5, 0.6) is 0 Å². The lowest BCUT2D eigenvalue weighted by atomic mass is 10.2. The molecular formula is C21H43IN6O3. The van der Waals surface area contributed by atoms with E-state index in [9.17, 15) is 9.59 Å². The van der Waals surface area contributed by atoms with Crippen LogP contribution in [0.25, 0.3) is 0 Å². The summed E-state index contributed by atoms with van der Waals surface area (Å²) in [5.41, 5.74) is -0.487. The number of hydrogen-bond donors (Lipinski definition) is 3. The number of guanidine groups is 1. The highest BCUT2D eigenvalue weighted by atomic mass is 127. The molecule has 0 spiro atoms. The fourth-order valence-electron chi connectivity index (χ4n) is 3.28. The van der Waals surface area contributed by atoms with E-state index in [1.54, 1.807) is 4.90 Å². The van der Waals surface area contributed by atoms with E-state index in [0.717, 1.165) is 57.8 Å². The first-order valence-corrected chi connectivity index (χ1v) is 11.1. The minimum Gasteiger partial charge on any atom is -0.444 e. The molecule has 0 aromatic rings. The first-order chi connectivity index (χ1) is 14.1. The fraction of sp³-hybridized carbons (Fsp3) is 0.857. The Morgan fingerprint density at radius 3 is 2.42 bits per heavy atom. The minimum absolute atomic E-state index is 0. The number of likely N-dealkylation sites (N-methyl/N-ethyl adjacent to an activating group) is 1. The van der Waals surface area contributed by atoms with Crippen molar-refractivity contribution < 1.29 is 14.3 Å². The molecule has 1 heterocycles. The minimum atomic E-state index is -0.487. The molecule has 182 valence electrons. The Bertz CT molecular complexity index is 566. The Labute approximate surface area is 205 Å². The Hall–Kier alpha value is -1.30. The second-order valence-corrected chi connectivity index (χ2v) is 8.75. The van der Waals surface area contributed by atoms with Crippen LogP contribution in [0.1, 0.15) is 53.4 Å². The van der Waals surface area contributed by atoms with Crippen LogP contribution >= 0.6 is 24.0 Å². The van der Waals surface area contributed by atoms with E-state index in [1.165, 1.54) is 0 Å². The number of amides is 2. The number of carbonyl (C=O) groups excluding carboxylic acids is 2. The molecule has 2 amide bonds. The highest BCUT2D eigenvalue weighted by molar-refractivity contribution is 14.0. The molecule has 1 aliphatic heterocycles. The monoisotopic (exact) mass is 554 g/mol. The zero-order chi connectivity index (χ0) is 22.6. The van der Waals surface area contributed by atoms with Crippen molar-refractivity contribution in [1.82, 2.24) is 25.8 Å². The number of likely N-dealkylation sites (tertiary alicyclic amines) is 1. The number of halogens is 1. The van der Waals surface area contributed by atoms with E-state index in [1.807, 2.05) is 41.8 Å². The van der Waals surface area contributed by atoms with Gasteiger partial charge in [0.15, 0.2) is 5.96 Å². The zero-order valence-corrected chi connectivity index (χ0v) is 22.5. The summed E-state index contributed by atoms with van der Waals surface area (Å²) >= 11 is 0. The standard InChI is InChI=1S/C21H42N6O3.HI/c1-7-22-19(23-12-9-13-25-20(29)30-21(2,3)4)24-14-10-16-27-15-8-11-17(27)18(28)26(5)6;/h17H,7-16H2,1-6H3,(H,25,29)(H2,22,23,24);1H. The third-order valence-corrected chi connectivity index (χ3v) is 4.62. The highest BCUT2D eigenvalue weighted by Gasteiger charge is 2.30. The van der Waals surface area contributed by atoms with Crippen molar-refractivity contribution in [1.29, 1.82) is 0 Å². The van der Waals surface area contributed by atoms with E-state index in [0.29, 0.717) is 13.1 Å². The van der Waals surface area contributed by atoms with E-state index < -0.39 is 11.7 Å². The van der Waals surface area contributed by atoms with Crippen LogP contribution in [-0.2, 0) is 9.53 Å². The molecule has 0 radical (unpaired) electrons. The Morgan fingerprint density at radius 2 is 1.81 bits per heavy atom. The van der Waals surface area contributed by atoms with E-state index >= 15 is 0 Å². The summed E-state index contributed by atoms with van der Waals surface area (Å²) in [6, 6.07) is 0.0272. The SMILES string of the molecule is CCNC(=NCCCNC(=O)OC(C)(C)C)NCCCN1CCCC1C(=O)N(C)C.I. The van der Waals surface area contributed by atoms with Gasteiger partial charge in [-0.15, -0.1) is 24.0 Å². The number of aliphatic imine (C=N–C) groups is 1. The van der Waals surface area contributed by atoms with Gasteiger partial charge in [0.25, 0.3) is 0 Å². The molecule has 0 aromatic heterocycles. The molecular weight excluding hydrogens is 511 g/mol. The van der Waals surface area contributed by atoms with Crippen LogP contribution in [0.15, 0.2) is 4.99 Å². The summed E-state index contributed by atoms with van der Waals surface area (Å²) in [4.78, 5) is 32.4. The fourth-order valence-corrected chi connectivity index (χ4v) is 3.28. The van der Waals surface area contributed by atoms with E-state index in [2.05, 4.69) is 25.8 Å². The Balaban J connectivity index is 0.00000900. The smallest absolute Gasteiger partial charge is 0.407 e. The second-order valence-electron chi connectivity index (χ2n) is 8.75. The van der Waals surface area contributed by atoms with Gasteiger partial charge in [0.05, 0.1) is 6.04 Å². The number of nitrogens with one attached hydrogen (secondary N) is 3. The lowest BCUT2D eigenvalue weighted by Crippen LogP contribution is -2.44. The van der Waals surface area contributed by atoms with E-state index in [4.69, 9.17) is 4.74 Å². The van der Waals surface area contributed by atoms with Gasteiger partial charge in [0, 0.05) is 46.8 Å². The maximum atomic E-state index is 12.3. The van der Waals surface area contributed by atoms with Crippen molar-refractivity contribution in [2.75, 3.05) is 53.4 Å². The van der Waals surface area contributed by atoms with Gasteiger partial charge in [-0.3, -0.25) is 14.7 Å². The molecule has 0 aliphatic carbocycles.